The lowest BCUT2D eigenvalue weighted by molar-refractivity contribution is 0.00854. The molecule has 4 heterocycles. The molecule has 2 fully saturated rings. The minimum Gasteiger partial charge on any atom is -0.336 e. The molecule has 2 aliphatic heterocycles. The molecule has 0 unspecified atom stereocenters. The van der Waals surface area contributed by atoms with Gasteiger partial charge in [0.15, 0.2) is 0 Å². The molecule has 8 nitrogen and oxygen atoms in total. The zero-order valence-electron chi connectivity index (χ0n) is 19.3. The molecule has 176 valence electrons. The smallest absolute Gasteiger partial charge is 0.253 e. The SMILES string of the molecule is O=C(c1ccccc1)N1CCN(C2CN(C(=O)c3ccc4c(ccn4-c4ncccn4)c3)C2)CC1. The topological polar surface area (TPSA) is 74.6 Å². The molecule has 0 radical (unpaired) electrons. The second kappa shape index (κ2) is 8.96. The molecule has 0 N–H and O–H groups in total. The average Bonchev–Trinajstić information content (AvgIpc) is 3.32. The molecule has 0 aliphatic carbocycles. The van der Waals surface area contributed by atoms with Crippen molar-refractivity contribution in [1.29, 1.82) is 0 Å². The summed E-state index contributed by atoms with van der Waals surface area (Å²) in [7, 11) is 0. The van der Waals surface area contributed by atoms with Gasteiger partial charge in [0, 0.05) is 80.4 Å². The van der Waals surface area contributed by atoms with Crippen LogP contribution in [0.15, 0.2) is 79.3 Å². The molecule has 6 rings (SSSR count). The number of hydrogen-bond donors (Lipinski definition) is 0. The van der Waals surface area contributed by atoms with Crippen molar-refractivity contribution >= 4 is 22.7 Å². The maximum Gasteiger partial charge on any atom is 0.253 e. The highest BCUT2D eigenvalue weighted by Gasteiger charge is 2.37. The zero-order valence-corrected chi connectivity index (χ0v) is 19.3. The Kier molecular flexibility index (Phi) is 5.50. The Morgan fingerprint density at radius 3 is 2.20 bits per heavy atom. The normalized spacial score (nSPS) is 16.9. The Morgan fingerprint density at radius 2 is 1.46 bits per heavy atom. The molecule has 8 heteroatoms. The van der Waals surface area contributed by atoms with Gasteiger partial charge in [0.2, 0.25) is 5.95 Å². The second-order valence-electron chi connectivity index (χ2n) is 9.07. The molecule has 0 bridgehead atoms. The van der Waals surface area contributed by atoms with Crippen molar-refractivity contribution in [2.45, 2.75) is 6.04 Å². The molecular weight excluding hydrogens is 440 g/mol. The summed E-state index contributed by atoms with van der Waals surface area (Å²) in [4.78, 5) is 40.6. The summed E-state index contributed by atoms with van der Waals surface area (Å²) < 4.78 is 1.92. The number of likely N-dealkylation sites (tertiary alicyclic amines) is 1. The van der Waals surface area contributed by atoms with Crippen LogP contribution in [-0.4, -0.2) is 86.4 Å². The van der Waals surface area contributed by atoms with E-state index < -0.39 is 0 Å². The fourth-order valence-electron chi connectivity index (χ4n) is 4.95. The number of aromatic nitrogens is 3. The molecular formula is C27H26N6O2. The highest BCUT2D eigenvalue weighted by Crippen LogP contribution is 2.24. The summed E-state index contributed by atoms with van der Waals surface area (Å²) in [5, 5.41) is 0.986. The first-order valence-electron chi connectivity index (χ1n) is 11.9. The van der Waals surface area contributed by atoms with E-state index in [9.17, 15) is 9.59 Å². The minimum atomic E-state index is 0.0600. The fraction of sp³-hybridized carbons (Fsp3) is 0.259. The lowest BCUT2D eigenvalue weighted by Gasteiger charge is -2.48. The van der Waals surface area contributed by atoms with Gasteiger partial charge in [0.25, 0.3) is 11.8 Å². The number of nitrogens with zero attached hydrogens (tertiary/aromatic N) is 6. The van der Waals surface area contributed by atoms with Crippen LogP contribution in [0.4, 0.5) is 0 Å². The number of piperazine rings is 1. The lowest BCUT2D eigenvalue weighted by atomic mass is 10.0. The van der Waals surface area contributed by atoms with Gasteiger partial charge in [-0.25, -0.2) is 9.97 Å². The van der Waals surface area contributed by atoms with Crippen LogP contribution in [0.2, 0.25) is 0 Å². The van der Waals surface area contributed by atoms with Crippen LogP contribution in [0.25, 0.3) is 16.9 Å². The fourth-order valence-corrected chi connectivity index (χ4v) is 4.95. The molecule has 2 amide bonds. The first-order chi connectivity index (χ1) is 17.2. The molecule has 2 aromatic heterocycles. The molecule has 35 heavy (non-hydrogen) atoms. The van der Waals surface area contributed by atoms with Gasteiger partial charge in [0.1, 0.15) is 0 Å². The minimum absolute atomic E-state index is 0.0600. The molecule has 2 aliphatic rings. The summed E-state index contributed by atoms with van der Waals surface area (Å²) in [6.45, 7) is 4.57. The predicted molar refractivity (Wildman–Crippen MR) is 132 cm³/mol. The van der Waals surface area contributed by atoms with Crippen molar-refractivity contribution in [3.8, 4) is 5.95 Å². The highest BCUT2D eigenvalue weighted by atomic mass is 16.2. The van der Waals surface area contributed by atoms with Gasteiger partial charge in [-0.2, -0.15) is 0 Å². The van der Waals surface area contributed by atoms with Crippen molar-refractivity contribution in [3.63, 3.8) is 0 Å². The number of hydrogen-bond acceptors (Lipinski definition) is 5. The van der Waals surface area contributed by atoms with Crippen LogP contribution < -0.4 is 0 Å². The predicted octanol–water partition coefficient (Wildman–Crippen LogP) is 2.70. The Morgan fingerprint density at radius 1 is 0.743 bits per heavy atom. The van der Waals surface area contributed by atoms with Gasteiger partial charge in [0.05, 0.1) is 5.52 Å². The van der Waals surface area contributed by atoms with E-state index in [0.29, 0.717) is 17.6 Å². The van der Waals surface area contributed by atoms with E-state index in [1.165, 1.54) is 0 Å². The number of carbonyl (C=O) groups excluding carboxylic acids is 2. The van der Waals surface area contributed by atoms with E-state index in [-0.39, 0.29) is 11.8 Å². The van der Waals surface area contributed by atoms with E-state index in [1.807, 2.05) is 75.2 Å². The second-order valence-corrected chi connectivity index (χ2v) is 9.07. The maximum atomic E-state index is 13.1. The van der Waals surface area contributed by atoms with E-state index >= 15 is 0 Å². The quantitative estimate of drug-likeness (QED) is 0.462. The van der Waals surface area contributed by atoms with Gasteiger partial charge in [-0.05, 0) is 42.5 Å². The summed E-state index contributed by atoms with van der Waals surface area (Å²) in [5.41, 5.74) is 2.41. The van der Waals surface area contributed by atoms with Crippen LogP contribution in [0.1, 0.15) is 20.7 Å². The monoisotopic (exact) mass is 466 g/mol. The Bertz CT molecular complexity index is 1360. The summed E-state index contributed by atoms with van der Waals surface area (Å²) >= 11 is 0. The van der Waals surface area contributed by atoms with E-state index in [0.717, 1.165) is 55.7 Å². The van der Waals surface area contributed by atoms with Crippen molar-refractivity contribution in [1.82, 2.24) is 29.2 Å². The first kappa shape index (κ1) is 21.5. The highest BCUT2D eigenvalue weighted by molar-refractivity contribution is 5.99. The van der Waals surface area contributed by atoms with Gasteiger partial charge in [-0.15, -0.1) is 0 Å². The van der Waals surface area contributed by atoms with Crippen molar-refractivity contribution < 1.29 is 9.59 Å². The Hall–Kier alpha value is -4.04. The summed E-state index contributed by atoms with van der Waals surface area (Å²) in [6, 6.07) is 19.4. The van der Waals surface area contributed by atoms with Crippen LogP contribution >= 0.6 is 0 Å². The van der Waals surface area contributed by atoms with Crippen LogP contribution in [-0.2, 0) is 0 Å². The van der Waals surface area contributed by atoms with E-state index in [1.54, 1.807) is 18.5 Å². The molecule has 2 aromatic carbocycles. The maximum absolute atomic E-state index is 13.1. The zero-order chi connectivity index (χ0) is 23.8. The van der Waals surface area contributed by atoms with Gasteiger partial charge in [-0.3, -0.25) is 19.1 Å². The first-order valence-corrected chi connectivity index (χ1v) is 11.9. The van der Waals surface area contributed by atoms with Crippen molar-refractivity contribution in [3.05, 3.63) is 90.4 Å². The van der Waals surface area contributed by atoms with Crippen LogP contribution in [0.3, 0.4) is 0 Å². The van der Waals surface area contributed by atoms with Crippen LogP contribution in [0, 0.1) is 0 Å². The average molecular weight is 467 g/mol. The number of rotatable bonds is 4. The van der Waals surface area contributed by atoms with E-state index in [4.69, 9.17) is 0 Å². The molecule has 0 atom stereocenters. The van der Waals surface area contributed by atoms with Gasteiger partial charge in [-0.1, -0.05) is 18.2 Å². The molecule has 2 saturated heterocycles. The van der Waals surface area contributed by atoms with Crippen LogP contribution in [0.5, 0.6) is 0 Å². The van der Waals surface area contributed by atoms with Gasteiger partial charge >= 0.3 is 0 Å². The third-order valence-electron chi connectivity index (χ3n) is 6.99. The third-order valence-corrected chi connectivity index (χ3v) is 6.99. The Labute approximate surface area is 203 Å². The Balaban J connectivity index is 1.05. The number of benzene rings is 2. The van der Waals surface area contributed by atoms with Gasteiger partial charge < -0.3 is 9.80 Å². The van der Waals surface area contributed by atoms with E-state index in [2.05, 4.69) is 14.9 Å². The standard InChI is InChI=1S/C27H26N6O2/c34-25(20-5-2-1-3-6-20)31-15-13-30(14-16-31)23-18-32(19-23)26(35)22-7-8-24-21(17-22)9-12-33(24)27-28-10-4-11-29-27/h1-12,17,23H,13-16,18-19H2. The third kappa shape index (κ3) is 4.06. The summed E-state index contributed by atoms with van der Waals surface area (Å²) in [6.07, 6.45) is 5.36. The lowest BCUT2D eigenvalue weighted by Crippen LogP contribution is -2.64. The van der Waals surface area contributed by atoms with Crippen molar-refractivity contribution in [2.75, 3.05) is 39.3 Å². The van der Waals surface area contributed by atoms with Crippen molar-refractivity contribution in [2.24, 2.45) is 0 Å². The number of carbonyl (C=O) groups is 2. The largest absolute Gasteiger partial charge is 0.336 e. The number of amides is 2. The molecule has 4 aromatic rings. The molecule has 0 spiro atoms. The molecule has 0 saturated carbocycles. The number of fused-ring (bicyclic) bond motifs is 1. The summed E-state index contributed by atoms with van der Waals surface area (Å²) in [5.74, 6) is 0.765.